The lowest BCUT2D eigenvalue weighted by atomic mass is 9.91. The third kappa shape index (κ3) is 6.36. The van der Waals surface area contributed by atoms with Crippen LogP contribution in [0.2, 0.25) is 0 Å². The van der Waals surface area contributed by atoms with Crippen molar-refractivity contribution >= 4 is 27.7 Å². The quantitative estimate of drug-likeness (QED) is 0.261. The van der Waals surface area contributed by atoms with E-state index in [1.807, 2.05) is 6.19 Å². The van der Waals surface area contributed by atoms with Gasteiger partial charge in [-0.05, 0) is 62.4 Å². The summed E-state index contributed by atoms with van der Waals surface area (Å²) in [6.07, 6.45) is 4.05. The molecule has 1 aromatic carbocycles. The fraction of sp³-hybridized carbons (Fsp3) is 0.481. The molecule has 3 fully saturated rings. The predicted octanol–water partition coefficient (Wildman–Crippen LogP) is 6.98. The monoisotopic (exact) mass is 637 g/mol. The van der Waals surface area contributed by atoms with Gasteiger partial charge in [-0.2, -0.15) is 5.26 Å². The Balaban J connectivity index is 1.61. The van der Waals surface area contributed by atoms with E-state index in [0.29, 0.717) is 31.4 Å². The lowest BCUT2D eigenvalue weighted by molar-refractivity contribution is -0.130. The Kier molecular flexibility index (Phi) is 6.95. The molecule has 1 unspecified atom stereocenters. The molecule has 0 bridgehead atoms. The Hall–Kier alpha value is -3.61. The van der Waals surface area contributed by atoms with Crippen LogP contribution in [0.5, 0.6) is 0 Å². The third-order valence-corrected chi connectivity index (χ3v) is 9.57. The Morgan fingerprint density at radius 3 is 2.19 bits per heavy atom. The van der Waals surface area contributed by atoms with Crippen LogP contribution >= 0.6 is 10.2 Å². The predicted molar refractivity (Wildman–Crippen MR) is 140 cm³/mol. The van der Waals surface area contributed by atoms with E-state index in [1.165, 1.54) is 4.90 Å². The van der Waals surface area contributed by atoms with Gasteiger partial charge in [0, 0.05) is 48.3 Å². The molecule has 2 aromatic rings. The molecular weight excluding hydrogens is 610 g/mol. The average Bonchev–Trinajstić information content (AvgIpc) is 3.59. The summed E-state index contributed by atoms with van der Waals surface area (Å²) in [5.41, 5.74) is -1.27. The van der Waals surface area contributed by atoms with Crippen LogP contribution in [0.15, 0.2) is 47.6 Å². The molecular formula is C27H27F8N5O2S. The molecule has 2 amide bonds. The highest BCUT2D eigenvalue weighted by atomic mass is 32.5. The van der Waals surface area contributed by atoms with Crippen LogP contribution in [0, 0.1) is 22.7 Å². The third-order valence-electron chi connectivity index (χ3n) is 8.41. The van der Waals surface area contributed by atoms with E-state index in [4.69, 9.17) is 0 Å². The van der Waals surface area contributed by atoms with E-state index in [9.17, 15) is 47.5 Å². The smallest absolute Gasteiger partial charge is 0.310 e. The Morgan fingerprint density at radius 2 is 1.65 bits per heavy atom. The summed E-state index contributed by atoms with van der Waals surface area (Å²) in [7, 11) is -10.1. The number of anilines is 1. The van der Waals surface area contributed by atoms with Gasteiger partial charge in [0.15, 0.2) is 6.19 Å². The second-order valence-electron chi connectivity index (χ2n) is 11.5. The number of carbonyl (C=O) groups excluding carboxylic acids is 2. The van der Waals surface area contributed by atoms with Gasteiger partial charge in [0.2, 0.25) is 11.8 Å². The highest BCUT2D eigenvalue weighted by Crippen LogP contribution is 3.02. The van der Waals surface area contributed by atoms with Crippen LogP contribution in [0.3, 0.4) is 0 Å². The number of hydrogen-bond acceptors (Lipinski definition) is 5. The maximum absolute atomic E-state index is 14.4. The van der Waals surface area contributed by atoms with Crippen molar-refractivity contribution in [2.24, 2.45) is 5.41 Å². The summed E-state index contributed by atoms with van der Waals surface area (Å²) in [5.74, 6) is -5.72. The van der Waals surface area contributed by atoms with E-state index in [1.54, 1.807) is 0 Å². The number of nitrogens with one attached hydrogen (secondary N) is 1. The van der Waals surface area contributed by atoms with Gasteiger partial charge < -0.3 is 5.32 Å². The second kappa shape index (κ2) is 9.70. The largest absolute Gasteiger partial charge is 0.351 e. The molecule has 1 aromatic heterocycles. The van der Waals surface area contributed by atoms with Crippen LogP contribution in [0.4, 0.5) is 38.3 Å². The molecule has 3 aliphatic rings. The maximum Gasteiger partial charge on any atom is 0.310 e. The summed E-state index contributed by atoms with van der Waals surface area (Å²) in [6.45, 7) is 0.193. The van der Waals surface area contributed by atoms with Gasteiger partial charge in [-0.1, -0.05) is 19.4 Å². The van der Waals surface area contributed by atoms with Gasteiger partial charge in [-0.25, -0.2) is 13.2 Å². The van der Waals surface area contributed by atoms with Crippen molar-refractivity contribution in [1.29, 1.82) is 5.26 Å². The zero-order valence-electron chi connectivity index (χ0n) is 22.5. The number of alkyl halides is 2. The summed E-state index contributed by atoms with van der Waals surface area (Å²) in [6, 6.07) is -1.46. The zero-order valence-corrected chi connectivity index (χ0v) is 23.3. The van der Waals surface area contributed by atoms with Gasteiger partial charge in [0.25, 0.3) is 5.91 Å². The fourth-order valence-corrected chi connectivity index (χ4v) is 6.64. The molecule has 2 aliphatic carbocycles. The van der Waals surface area contributed by atoms with E-state index in [0.717, 1.165) is 23.4 Å². The molecule has 1 N–H and O–H groups in total. The number of pyridine rings is 1. The number of aromatic nitrogens is 1. The number of rotatable bonds is 7. The van der Waals surface area contributed by atoms with Crippen molar-refractivity contribution < 1.29 is 42.2 Å². The molecule has 1 saturated heterocycles. The molecule has 234 valence electrons. The van der Waals surface area contributed by atoms with E-state index in [-0.39, 0.29) is 37.1 Å². The first-order valence-electron chi connectivity index (χ1n) is 13.4. The summed E-state index contributed by atoms with van der Waals surface area (Å²) in [5, 5.41) is 12.3. The molecule has 5 rings (SSSR count). The fourth-order valence-electron chi connectivity index (χ4n) is 5.99. The van der Waals surface area contributed by atoms with Crippen molar-refractivity contribution in [2.45, 2.75) is 73.9 Å². The first-order chi connectivity index (χ1) is 19.8. The van der Waals surface area contributed by atoms with Gasteiger partial charge in [-0.15, -0.1) is 0 Å². The Morgan fingerprint density at radius 1 is 1.02 bits per heavy atom. The molecule has 2 atom stereocenters. The molecule has 1 aliphatic heterocycles. The molecule has 2 heterocycles. The van der Waals surface area contributed by atoms with Crippen LogP contribution in [-0.2, 0) is 9.59 Å². The van der Waals surface area contributed by atoms with Crippen LogP contribution in [-0.4, -0.2) is 46.2 Å². The molecule has 2 saturated carbocycles. The molecule has 1 spiro atoms. The molecule has 7 nitrogen and oxygen atoms in total. The Bertz CT molecular complexity index is 1470. The minimum Gasteiger partial charge on any atom is -0.351 e. The molecule has 0 radical (unpaired) electrons. The number of nitrogens with zero attached hydrogens (tertiary/aromatic N) is 4. The summed E-state index contributed by atoms with van der Waals surface area (Å²) >= 11 is 0. The zero-order chi connectivity index (χ0) is 31.5. The maximum atomic E-state index is 14.4. The van der Waals surface area contributed by atoms with Gasteiger partial charge in [0.1, 0.15) is 22.8 Å². The molecule has 16 heteroatoms. The van der Waals surface area contributed by atoms with Crippen LogP contribution in [0.25, 0.3) is 0 Å². The first kappa shape index (κ1) is 30.8. The second-order valence-corrected chi connectivity index (χ2v) is 13.9. The normalized spacial score (nSPS) is 23.5. The van der Waals surface area contributed by atoms with E-state index < -0.39 is 80.7 Å². The number of amides is 2. The molecule has 43 heavy (non-hydrogen) atoms. The minimum absolute atomic E-state index is 0.0861. The summed E-state index contributed by atoms with van der Waals surface area (Å²) < 4.78 is 109. The number of likely N-dealkylation sites (tertiary alicyclic amines) is 1. The first-order valence-corrected chi connectivity index (χ1v) is 15.4. The average molecular weight is 638 g/mol. The topological polar surface area (TPSA) is 89.3 Å². The number of halogens is 8. The number of carbonyl (C=O) groups is 2. The SMILES string of the molecule is N#CN1CCC2(CC2)[C@@H]1C(=O)N(c1ccc(S(F)(F)(F)(F)F)cc1)C(C(=O)NC1CCC(F)(F)CC1)c1cncc(F)c1. The number of nitriles is 1. The Labute approximate surface area is 241 Å². The van der Waals surface area contributed by atoms with Crippen molar-refractivity contribution in [1.82, 2.24) is 15.2 Å². The van der Waals surface area contributed by atoms with Crippen LogP contribution in [0.1, 0.15) is 56.6 Å². The van der Waals surface area contributed by atoms with Gasteiger partial charge in [0.05, 0.1) is 6.20 Å². The highest BCUT2D eigenvalue weighted by Gasteiger charge is 2.65. The minimum atomic E-state index is -10.1. The van der Waals surface area contributed by atoms with Crippen molar-refractivity contribution in [3.05, 3.63) is 54.1 Å². The van der Waals surface area contributed by atoms with Crippen molar-refractivity contribution in [3.8, 4) is 6.19 Å². The lowest BCUT2D eigenvalue weighted by Crippen LogP contribution is -2.53. The summed E-state index contributed by atoms with van der Waals surface area (Å²) in [4.78, 5) is 31.6. The van der Waals surface area contributed by atoms with Crippen molar-refractivity contribution in [3.63, 3.8) is 0 Å². The van der Waals surface area contributed by atoms with Gasteiger partial charge >= 0.3 is 10.2 Å². The van der Waals surface area contributed by atoms with Gasteiger partial charge in [-0.3, -0.25) is 24.4 Å². The lowest BCUT2D eigenvalue weighted by Gasteiger charge is -2.41. The van der Waals surface area contributed by atoms with Crippen molar-refractivity contribution in [2.75, 3.05) is 11.4 Å². The highest BCUT2D eigenvalue weighted by molar-refractivity contribution is 8.45. The number of benzene rings is 1. The standard InChI is InChI=1S/C27H27F8N5O2S/c28-18-13-17(14-37-15-18)22(24(41)38-19-5-7-27(29,30)8-6-19)40(20-1-3-21(4-2-20)43(31,32,33,34)35)25(42)23-26(9-10-26)11-12-39(23)16-36/h1-4,13-15,19,22-23H,5-12H2,(H,38,41)/t22?,23-/m0/s1. The van der Waals surface area contributed by atoms with E-state index in [2.05, 4.69) is 10.3 Å². The van der Waals surface area contributed by atoms with E-state index >= 15 is 0 Å². The van der Waals surface area contributed by atoms with Crippen LogP contribution < -0.4 is 10.2 Å². The number of hydrogen-bond donors (Lipinski definition) is 1.